The van der Waals surface area contributed by atoms with Crippen LogP contribution in [0.25, 0.3) is 11.1 Å². The van der Waals surface area contributed by atoms with Gasteiger partial charge in [-0.3, -0.25) is 14.6 Å². The summed E-state index contributed by atoms with van der Waals surface area (Å²) in [6, 6.07) is 12.3. The summed E-state index contributed by atoms with van der Waals surface area (Å²) >= 11 is 0. The van der Waals surface area contributed by atoms with Crippen LogP contribution in [0.3, 0.4) is 0 Å². The average molecular weight is 432 g/mol. The minimum atomic E-state index is -0.622. The van der Waals surface area contributed by atoms with Crippen LogP contribution in [0.1, 0.15) is 44.1 Å². The van der Waals surface area contributed by atoms with E-state index in [9.17, 15) is 9.59 Å². The maximum absolute atomic E-state index is 13.4. The number of hydrogen-bond donors (Lipinski definition) is 1. The Morgan fingerprint density at radius 3 is 2.72 bits per heavy atom. The number of rotatable bonds is 7. The van der Waals surface area contributed by atoms with Gasteiger partial charge in [0.15, 0.2) is 0 Å². The largest absolute Gasteiger partial charge is 0.352 e. The Bertz CT molecular complexity index is 952. The quantitative estimate of drug-likeness (QED) is 0.661. The van der Waals surface area contributed by atoms with Crippen LogP contribution < -0.4 is 5.32 Å². The zero-order chi connectivity index (χ0) is 22.4. The van der Waals surface area contributed by atoms with Gasteiger partial charge < -0.3 is 10.2 Å². The van der Waals surface area contributed by atoms with Crippen molar-refractivity contribution < 1.29 is 9.59 Å². The minimum absolute atomic E-state index is 0.0214. The third-order valence-corrected chi connectivity index (χ3v) is 6.95. The van der Waals surface area contributed by atoms with Crippen LogP contribution in [-0.4, -0.2) is 41.3 Å². The number of piperidine rings is 1. The van der Waals surface area contributed by atoms with Gasteiger partial charge in [0.25, 0.3) is 0 Å². The van der Waals surface area contributed by atoms with Crippen molar-refractivity contribution in [3.05, 3.63) is 67.0 Å². The van der Waals surface area contributed by atoms with Crippen LogP contribution in [0.5, 0.6) is 0 Å². The highest BCUT2D eigenvalue weighted by Crippen LogP contribution is 2.37. The first kappa shape index (κ1) is 22.3. The molecule has 1 atom stereocenters. The summed E-state index contributed by atoms with van der Waals surface area (Å²) in [5.41, 5.74) is 2.63. The average Bonchev–Trinajstić information content (AvgIpc) is 3.38. The first-order valence-corrected chi connectivity index (χ1v) is 11.8. The molecule has 4 rings (SSSR count). The summed E-state index contributed by atoms with van der Waals surface area (Å²) < 4.78 is 0. The Morgan fingerprint density at radius 1 is 1.16 bits per heavy atom. The van der Waals surface area contributed by atoms with Crippen LogP contribution in [0.2, 0.25) is 0 Å². The van der Waals surface area contributed by atoms with Crippen LogP contribution in [0.4, 0.5) is 0 Å². The molecule has 168 valence electrons. The number of hydrogen-bond acceptors (Lipinski definition) is 3. The van der Waals surface area contributed by atoms with Crippen LogP contribution >= 0.6 is 0 Å². The number of carbonyl (C=O) groups is 2. The molecule has 2 amide bonds. The summed E-state index contributed by atoms with van der Waals surface area (Å²) in [4.78, 5) is 32.8. The minimum Gasteiger partial charge on any atom is -0.352 e. The number of pyridine rings is 1. The van der Waals surface area contributed by atoms with Crippen LogP contribution in [0.15, 0.2) is 61.4 Å². The lowest BCUT2D eigenvalue weighted by molar-refractivity contribution is -0.144. The van der Waals surface area contributed by atoms with Gasteiger partial charge in [0.1, 0.15) is 0 Å². The van der Waals surface area contributed by atoms with E-state index < -0.39 is 5.41 Å². The SMILES string of the molecule is C=CCNC(=O)C1(Cc2cccc(-c3cccnc3)c2)CCCN(C(=O)C2CCCC2)C1. The first-order valence-electron chi connectivity index (χ1n) is 11.8. The van der Waals surface area contributed by atoms with Gasteiger partial charge >= 0.3 is 0 Å². The van der Waals surface area contributed by atoms with E-state index in [0.29, 0.717) is 19.5 Å². The van der Waals surface area contributed by atoms with E-state index in [1.54, 1.807) is 12.3 Å². The number of likely N-dealkylation sites (tertiary alicyclic amines) is 1. The van der Waals surface area contributed by atoms with E-state index in [4.69, 9.17) is 0 Å². The zero-order valence-corrected chi connectivity index (χ0v) is 18.8. The molecule has 1 saturated heterocycles. The summed E-state index contributed by atoms with van der Waals surface area (Å²) in [5.74, 6) is 0.399. The van der Waals surface area contributed by atoms with Gasteiger partial charge in [-0.05, 0) is 54.9 Å². The highest BCUT2D eigenvalue weighted by atomic mass is 16.2. The zero-order valence-electron chi connectivity index (χ0n) is 18.8. The van der Waals surface area contributed by atoms with Gasteiger partial charge in [-0.2, -0.15) is 0 Å². The van der Waals surface area contributed by atoms with Gasteiger partial charge in [0.05, 0.1) is 5.41 Å². The lowest BCUT2D eigenvalue weighted by atomic mass is 9.73. The van der Waals surface area contributed by atoms with E-state index in [0.717, 1.165) is 61.8 Å². The lowest BCUT2D eigenvalue weighted by Gasteiger charge is -2.42. The monoisotopic (exact) mass is 431 g/mol. The van der Waals surface area contributed by atoms with E-state index >= 15 is 0 Å². The molecule has 1 aromatic carbocycles. The molecule has 1 aromatic heterocycles. The van der Waals surface area contributed by atoms with Gasteiger partial charge in [0.2, 0.25) is 11.8 Å². The lowest BCUT2D eigenvalue weighted by Crippen LogP contribution is -2.55. The number of nitrogens with one attached hydrogen (secondary N) is 1. The molecule has 1 saturated carbocycles. The highest BCUT2D eigenvalue weighted by Gasteiger charge is 2.44. The molecule has 0 bridgehead atoms. The van der Waals surface area contributed by atoms with Crippen molar-refractivity contribution in [2.75, 3.05) is 19.6 Å². The molecule has 1 N–H and O–H groups in total. The Hall–Kier alpha value is -2.95. The van der Waals surface area contributed by atoms with E-state index in [-0.39, 0.29) is 17.7 Å². The molecule has 1 aliphatic carbocycles. The topological polar surface area (TPSA) is 62.3 Å². The number of benzene rings is 1. The van der Waals surface area contributed by atoms with Gasteiger partial charge in [-0.25, -0.2) is 0 Å². The number of nitrogens with zero attached hydrogens (tertiary/aromatic N) is 2. The molecule has 5 heteroatoms. The second kappa shape index (κ2) is 10.1. The normalized spacial score (nSPS) is 21.3. The van der Waals surface area contributed by atoms with Crippen molar-refractivity contribution in [3.63, 3.8) is 0 Å². The molecule has 0 radical (unpaired) electrons. The fourth-order valence-electron chi connectivity index (χ4n) is 5.30. The highest BCUT2D eigenvalue weighted by molar-refractivity contribution is 5.85. The van der Waals surface area contributed by atoms with Crippen molar-refractivity contribution in [1.82, 2.24) is 15.2 Å². The van der Waals surface area contributed by atoms with E-state index in [2.05, 4.69) is 35.1 Å². The molecule has 2 fully saturated rings. The number of amides is 2. The van der Waals surface area contributed by atoms with Crippen molar-refractivity contribution >= 4 is 11.8 Å². The molecule has 2 heterocycles. The molecule has 32 heavy (non-hydrogen) atoms. The van der Waals surface area contributed by atoms with E-state index in [1.807, 2.05) is 29.3 Å². The van der Waals surface area contributed by atoms with Crippen LogP contribution in [-0.2, 0) is 16.0 Å². The molecule has 1 aliphatic heterocycles. The molecule has 2 aliphatic rings. The van der Waals surface area contributed by atoms with Gasteiger partial charge in [-0.15, -0.1) is 6.58 Å². The molecule has 5 nitrogen and oxygen atoms in total. The molecular weight excluding hydrogens is 398 g/mol. The van der Waals surface area contributed by atoms with E-state index in [1.165, 1.54) is 0 Å². The second-order valence-electron chi connectivity index (χ2n) is 9.24. The Labute approximate surface area is 190 Å². The summed E-state index contributed by atoms with van der Waals surface area (Å²) in [5, 5.41) is 3.03. The van der Waals surface area contributed by atoms with Crippen molar-refractivity contribution in [3.8, 4) is 11.1 Å². The standard InChI is InChI=1S/C27H33N3O2/c1-2-14-29-26(32)27(13-7-16-30(20-27)25(31)22-9-3-4-10-22)18-21-8-5-11-23(17-21)24-12-6-15-28-19-24/h2,5-6,8,11-12,15,17,19,22H,1,3-4,7,9-10,13-14,16,18,20H2,(H,29,32). The maximum atomic E-state index is 13.4. The molecule has 1 unspecified atom stereocenters. The Balaban J connectivity index is 1.60. The third kappa shape index (κ3) is 4.93. The summed E-state index contributed by atoms with van der Waals surface area (Å²) in [7, 11) is 0. The fourth-order valence-corrected chi connectivity index (χ4v) is 5.30. The van der Waals surface area contributed by atoms with Gasteiger partial charge in [-0.1, -0.05) is 49.2 Å². The predicted molar refractivity (Wildman–Crippen MR) is 127 cm³/mol. The predicted octanol–water partition coefficient (Wildman–Crippen LogP) is 4.39. The van der Waals surface area contributed by atoms with Crippen LogP contribution in [0, 0.1) is 11.3 Å². The third-order valence-electron chi connectivity index (χ3n) is 6.95. The molecule has 0 spiro atoms. The fraction of sp³-hybridized carbons (Fsp3) is 0.444. The smallest absolute Gasteiger partial charge is 0.228 e. The molecule has 2 aromatic rings. The number of aromatic nitrogens is 1. The summed E-state index contributed by atoms with van der Waals surface area (Å²) in [6.45, 7) is 5.42. The van der Waals surface area contributed by atoms with Gasteiger partial charge in [0, 0.05) is 37.9 Å². The van der Waals surface area contributed by atoms with Crippen molar-refractivity contribution in [2.24, 2.45) is 11.3 Å². The van der Waals surface area contributed by atoms with Crippen molar-refractivity contribution in [1.29, 1.82) is 0 Å². The second-order valence-corrected chi connectivity index (χ2v) is 9.24. The first-order chi connectivity index (χ1) is 15.6. The Morgan fingerprint density at radius 2 is 1.97 bits per heavy atom. The number of carbonyl (C=O) groups excluding carboxylic acids is 2. The molecular formula is C27H33N3O2. The van der Waals surface area contributed by atoms with Crippen molar-refractivity contribution in [2.45, 2.75) is 44.9 Å². The Kier molecular flexibility index (Phi) is 7.03. The maximum Gasteiger partial charge on any atom is 0.228 e. The summed E-state index contributed by atoms with van der Waals surface area (Å²) in [6.07, 6.45) is 11.8.